The van der Waals surface area contributed by atoms with Crippen molar-refractivity contribution >= 4 is 29.0 Å². The van der Waals surface area contributed by atoms with Crippen molar-refractivity contribution < 1.29 is 23.8 Å². The first-order valence-electron chi connectivity index (χ1n) is 15.1. The molecule has 0 bridgehead atoms. The molecular weight excluding hydrogens is 560 g/mol. The molecule has 3 amide bonds. The number of piperazine rings is 1. The van der Waals surface area contributed by atoms with Crippen LogP contribution in [-0.2, 0) is 11.3 Å². The van der Waals surface area contributed by atoms with E-state index < -0.39 is 6.03 Å². The number of hydrogen-bond donors (Lipinski definition) is 3. The van der Waals surface area contributed by atoms with Gasteiger partial charge >= 0.3 is 6.03 Å². The van der Waals surface area contributed by atoms with E-state index in [1.54, 1.807) is 31.4 Å². The highest BCUT2D eigenvalue weighted by atomic mass is 16.5. The number of methoxy groups -OCH3 is 2. The predicted molar refractivity (Wildman–Crippen MR) is 172 cm³/mol. The van der Waals surface area contributed by atoms with E-state index in [2.05, 4.69) is 54.9 Å². The van der Waals surface area contributed by atoms with Crippen LogP contribution in [0.5, 0.6) is 11.5 Å². The first kappa shape index (κ1) is 31.1. The maximum absolute atomic E-state index is 13.6. The van der Waals surface area contributed by atoms with Gasteiger partial charge in [0.1, 0.15) is 11.5 Å². The van der Waals surface area contributed by atoms with Crippen LogP contribution >= 0.6 is 0 Å². The van der Waals surface area contributed by atoms with Crippen molar-refractivity contribution in [2.75, 3.05) is 95.3 Å². The molecule has 0 atom stereocenters. The average molecular weight is 603 g/mol. The molecule has 0 saturated carbocycles. The fraction of sp³-hybridized carbons (Fsp3) is 0.394. The Labute approximate surface area is 259 Å². The summed E-state index contributed by atoms with van der Waals surface area (Å²) in [4.78, 5) is 33.5. The lowest BCUT2D eigenvalue weighted by molar-refractivity contribution is 0.0383. The maximum atomic E-state index is 13.6. The lowest BCUT2D eigenvalue weighted by Gasteiger charge is -2.37. The second-order valence-corrected chi connectivity index (χ2v) is 10.8. The molecule has 5 rings (SSSR count). The number of carbonyl (C=O) groups excluding carboxylic acids is 2. The number of anilines is 3. The SMILES string of the molecule is COc1ccc(NC(=O)Nc2ccc(N3CCN(Cc4ccccc4)CC3)c(C(=O)NCCN3CCOCC3)c2)c(OC)c1. The summed E-state index contributed by atoms with van der Waals surface area (Å²) < 4.78 is 16.1. The number of nitrogens with zero attached hydrogens (tertiary/aromatic N) is 3. The zero-order valence-corrected chi connectivity index (χ0v) is 25.5. The summed E-state index contributed by atoms with van der Waals surface area (Å²) in [6, 6.07) is 20.7. The molecule has 0 spiro atoms. The van der Waals surface area contributed by atoms with Gasteiger partial charge in [-0.1, -0.05) is 30.3 Å². The summed E-state index contributed by atoms with van der Waals surface area (Å²) in [5.74, 6) is 0.927. The van der Waals surface area contributed by atoms with Crippen LogP contribution in [0.4, 0.5) is 21.9 Å². The van der Waals surface area contributed by atoms with Crippen molar-refractivity contribution in [1.29, 1.82) is 0 Å². The zero-order valence-electron chi connectivity index (χ0n) is 25.5. The van der Waals surface area contributed by atoms with Crippen molar-refractivity contribution in [3.63, 3.8) is 0 Å². The number of amides is 3. The van der Waals surface area contributed by atoms with Crippen LogP contribution < -0.4 is 30.3 Å². The fourth-order valence-electron chi connectivity index (χ4n) is 5.49. The molecule has 2 saturated heterocycles. The predicted octanol–water partition coefficient (Wildman–Crippen LogP) is 3.73. The first-order valence-corrected chi connectivity index (χ1v) is 15.1. The van der Waals surface area contributed by atoms with Crippen LogP contribution in [0.25, 0.3) is 0 Å². The molecule has 2 aliphatic heterocycles. The normalized spacial score (nSPS) is 15.8. The van der Waals surface area contributed by atoms with Crippen molar-refractivity contribution in [3.8, 4) is 11.5 Å². The van der Waals surface area contributed by atoms with Crippen molar-refractivity contribution in [3.05, 3.63) is 77.9 Å². The van der Waals surface area contributed by atoms with Crippen LogP contribution in [0.15, 0.2) is 66.7 Å². The Bertz CT molecular complexity index is 1390. The Morgan fingerprint density at radius 3 is 2.32 bits per heavy atom. The van der Waals surface area contributed by atoms with E-state index >= 15 is 0 Å². The fourth-order valence-corrected chi connectivity index (χ4v) is 5.49. The number of urea groups is 1. The van der Waals surface area contributed by atoms with Gasteiger partial charge in [-0.3, -0.25) is 14.6 Å². The quantitative estimate of drug-likeness (QED) is 0.305. The summed E-state index contributed by atoms with van der Waals surface area (Å²) in [7, 11) is 3.10. The van der Waals surface area contributed by atoms with Crippen LogP contribution in [0, 0.1) is 0 Å². The molecule has 0 aliphatic carbocycles. The molecule has 234 valence electrons. The highest BCUT2D eigenvalue weighted by Crippen LogP contribution is 2.30. The number of hydrogen-bond acceptors (Lipinski definition) is 8. The minimum absolute atomic E-state index is 0.166. The lowest BCUT2D eigenvalue weighted by atomic mass is 10.1. The number of nitrogens with one attached hydrogen (secondary N) is 3. The van der Waals surface area contributed by atoms with Gasteiger partial charge in [-0.15, -0.1) is 0 Å². The Morgan fingerprint density at radius 2 is 1.59 bits per heavy atom. The molecule has 11 heteroatoms. The molecule has 0 aromatic heterocycles. The second-order valence-electron chi connectivity index (χ2n) is 10.8. The lowest BCUT2D eigenvalue weighted by Crippen LogP contribution is -2.46. The Hall–Kier alpha value is -4.32. The van der Waals surface area contributed by atoms with E-state index in [1.807, 2.05) is 18.2 Å². The molecule has 0 unspecified atom stereocenters. The second kappa shape index (κ2) is 15.4. The highest BCUT2D eigenvalue weighted by molar-refractivity contribution is 6.04. The molecule has 3 N–H and O–H groups in total. The summed E-state index contributed by atoms with van der Waals surface area (Å²) in [5, 5.41) is 8.79. The topological polar surface area (TPSA) is 108 Å². The highest BCUT2D eigenvalue weighted by Gasteiger charge is 2.23. The summed E-state index contributed by atoms with van der Waals surface area (Å²) in [5.41, 5.74) is 3.69. The largest absolute Gasteiger partial charge is 0.497 e. The van der Waals surface area contributed by atoms with Crippen LogP contribution in [0.1, 0.15) is 15.9 Å². The maximum Gasteiger partial charge on any atom is 0.323 e. The van der Waals surface area contributed by atoms with Gasteiger partial charge < -0.3 is 35.1 Å². The van der Waals surface area contributed by atoms with Gasteiger partial charge in [0.05, 0.1) is 38.7 Å². The molecule has 11 nitrogen and oxygen atoms in total. The smallest absolute Gasteiger partial charge is 0.323 e. The van der Waals surface area contributed by atoms with E-state index in [0.717, 1.165) is 58.0 Å². The average Bonchev–Trinajstić information content (AvgIpc) is 3.06. The van der Waals surface area contributed by atoms with Crippen molar-refractivity contribution in [1.82, 2.24) is 15.1 Å². The summed E-state index contributed by atoms with van der Waals surface area (Å²) >= 11 is 0. The Morgan fingerprint density at radius 1 is 0.818 bits per heavy atom. The van der Waals surface area contributed by atoms with Gasteiger partial charge in [0, 0.05) is 76.3 Å². The van der Waals surface area contributed by atoms with E-state index in [-0.39, 0.29) is 5.91 Å². The zero-order chi connectivity index (χ0) is 30.7. The summed E-state index contributed by atoms with van der Waals surface area (Å²) in [6.45, 7) is 8.71. The van der Waals surface area contributed by atoms with Gasteiger partial charge in [-0.05, 0) is 35.9 Å². The number of rotatable bonds is 11. The van der Waals surface area contributed by atoms with Gasteiger partial charge in [-0.2, -0.15) is 0 Å². The molecule has 2 fully saturated rings. The van der Waals surface area contributed by atoms with Gasteiger partial charge in [0.15, 0.2) is 0 Å². The molecule has 3 aromatic carbocycles. The van der Waals surface area contributed by atoms with Crippen LogP contribution in [0.3, 0.4) is 0 Å². The van der Waals surface area contributed by atoms with Crippen LogP contribution in [-0.4, -0.2) is 102 Å². The third-order valence-electron chi connectivity index (χ3n) is 7.94. The standard InChI is InChI=1S/C33H42N6O5/c1-42-27-9-10-29(31(23-27)43-2)36-33(41)35-26-8-11-30(28(22-26)32(40)34-12-13-37-18-20-44-21-19-37)39-16-14-38(15-17-39)24-25-6-4-3-5-7-25/h3-11,22-23H,12-21,24H2,1-2H3,(H,34,40)(H2,35,36,41). The Balaban J connectivity index is 1.27. The minimum atomic E-state index is -0.450. The Kier molecular flexibility index (Phi) is 10.9. The number of benzene rings is 3. The van der Waals surface area contributed by atoms with E-state index in [4.69, 9.17) is 14.2 Å². The van der Waals surface area contributed by atoms with Crippen molar-refractivity contribution in [2.24, 2.45) is 0 Å². The van der Waals surface area contributed by atoms with Crippen molar-refractivity contribution in [2.45, 2.75) is 6.54 Å². The summed E-state index contributed by atoms with van der Waals surface area (Å²) in [6.07, 6.45) is 0. The molecule has 2 aliphatic rings. The number of morpholine rings is 1. The molecule has 0 radical (unpaired) electrons. The molecular formula is C33H42N6O5. The van der Waals surface area contributed by atoms with Gasteiger partial charge in [0.2, 0.25) is 0 Å². The number of ether oxygens (including phenoxy) is 3. The number of carbonyl (C=O) groups is 2. The molecule has 44 heavy (non-hydrogen) atoms. The third-order valence-corrected chi connectivity index (χ3v) is 7.94. The molecule has 2 heterocycles. The first-order chi connectivity index (χ1) is 21.5. The third kappa shape index (κ3) is 8.40. The van der Waals surface area contributed by atoms with E-state index in [1.165, 1.54) is 12.7 Å². The van der Waals surface area contributed by atoms with E-state index in [9.17, 15) is 9.59 Å². The van der Waals surface area contributed by atoms with Gasteiger partial charge in [-0.25, -0.2) is 4.79 Å². The molecule has 3 aromatic rings. The monoisotopic (exact) mass is 602 g/mol. The minimum Gasteiger partial charge on any atom is -0.497 e. The van der Waals surface area contributed by atoms with Gasteiger partial charge in [0.25, 0.3) is 5.91 Å². The van der Waals surface area contributed by atoms with E-state index in [0.29, 0.717) is 48.2 Å². The van der Waals surface area contributed by atoms with Crippen LogP contribution in [0.2, 0.25) is 0 Å².